The van der Waals surface area contributed by atoms with E-state index in [2.05, 4.69) is 24.9 Å². The van der Waals surface area contributed by atoms with Gasteiger partial charge in [-0.05, 0) is 20.8 Å². The van der Waals surface area contributed by atoms with E-state index in [1.54, 1.807) is 0 Å². The van der Waals surface area contributed by atoms with Gasteiger partial charge in [0.05, 0.1) is 6.33 Å². The first kappa shape index (κ1) is 16.2. The van der Waals surface area contributed by atoms with Gasteiger partial charge >= 0.3 is 0 Å². The van der Waals surface area contributed by atoms with E-state index >= 15 is 0 Å². The van der Waals surface area contributed by atoms with Crippen molar-refractivity contribution in [2.45, 2.75) is 26.4 Å². The van der Waals surface area contributed by atoms with E-state index in [1.165, 1.54) is 12.4 Å². The molecule has 0 spiro atoms. The normalized spacial score (nSPS) is 15.1. The molecule has 0 atom stereocenters. The molecule has 1 saturated heterocycles. The number of hydrogen-bond donors (Lipinski definition) is 2. The van der Waals surface area contributed by atoms with Crippen molar-refractivity contribution in [1.29, 1.82) is 0 Å². The number of carbonyl (C=O) groups is 1. The number of rotatable bonds is 2. The Morgan fingerprint density at radius 1 is 1.35 bits per heavy atom. The molecular weight excluding hydrogens is 260 g/mol. The van der Waals surface area contributed by atoms with E-state index in [1.807, 2.05) is 20.8 Å². The average Bonchev–Trinajstić information content (AvgIpc) is 2.39. The van der Waals surface area contributed by atoms with Crippen LogP contribution in [-0.2, 0) is 9.53 Å². The Balaban J connectivity index is 0.000000246. The SMILES string of the molecule is CC(C)(C)OC=O.O=c1cc(N2CCNCC2)nc[nH]1. The molecule has 2 N–H and O–H groups in total. The molecule has 0 radical (unpaired) electrons. The smallest absolute Gasteiger partial charge is 0.293 e. The summed E-state index contributed by atoms with van der Waals surface area (Å²) in [5.74, 6) is 0.769. The largest absolute Gasteiger partial charge is 0.462 e. The number of H-pyrrole nitrogens is 1. The molecule has 1 aliphatic rings. The summed E-state index contributed by atoms with van der Waals surface area (Å²) in [6.45, 7) is 9.65. The lowest BCUT2D eigenvalue weighted by molar-refractivity contribution is -0.138. The van der Waals surface area contributed by atoms with Crippen LogP contribution in [0.1, 0.15) is 20.8 Å². The predicted octanol–water partition coefficient (Wildman–Crippen LogP) is 0.137. The van der Waals surface area contributed by atoms with Crippen LogP contribution in [0.4, 0.5) is 5.82 Å². The zero-order valence-corrected chi connectivity index (χ0v) is 12.2. The summed E-state index contributed by atoms with van der Waals surface area (Å²) in [6.07, 6.45) is 1.44. The van der Waals surface area contributed by atoms with Crippen molar-refractivity contribution < 1.29 is 9.53 Å². The maximum atomic E-state index is 11.0. The molecule has 1 aromatic heterocycles. The summed E-state index contributed by atoms with van der Waals surface area (Å²) in [5.41, 5.74) is -0.412. The number of nitrogens with zero attached hydrogens (tertiary/aromatic N) is 2. The van der Waals surface area contributed by atoms with Gasteiger partial charge in [-0.25, -0.2) is 4.98 Å². The molecular formula is C13H22N4O3. The van der Waals surface area contributed by atoms with Crippen molar-refractivity contribution in [3.63, 3.8) is 0 Å². The van der Waals surface area contributed by atoms with E-state index < -0.39 is 0 Å². The number of ether oxygens (including phenoxy) is 1. The van der Waals surface area contributed by atoms with Crippen LogP contribution in [0.25, 0.3) is 0 Å². The van der Waals surface area contributed by atoms with Crippen LogP contribution in [-0.4, -0.2) is 48.2 Å². The average molecular weight is 282 g/mol. The number of aromatic amines is 1. The minimum absolute atomic E-state index is 0.0940. The first-order valence-corrected chi connectivity index (χ1v) is 6.54. The van der Waals surface area contributed by atoms with Crippen LogP contribution in [0.15, 0.2) is 17.2 Å². The third-order valence-corrected chi connectivity index (χ3v) is 2.51. The minimum Gasteiger partial charge on any atom is -0.462 e. The second-order valence-corrected chi connectivity index (χ2v) is 5.33. The number of carbonyl (C=O) groups excluding carboxylic acids is 1. The quantitative estimate of drug-likeness (QED) is 0.750. The van der Waals surface area contributed by atoms with E-state index in [0.717, 1.165) is 32.0 Å². The van der Waals surface area contributed by atoms with E-state index in [-0.39, 0.29) is 11.2 Å². The maximum absolute atomic E-state index is 11.0. The fraction of sp³-hybridized carbons (Fsp3) is 0.615. The van der Waals surface area contributed by atoms with Gasteiger partial charge in [-0.2, -0.15) is 0 Å². The second kappa shape index (κ2) is 7.64. The van der Waals surface area contributed by atoms with Gasteiger partial charge in [-0.1, -0.05) is 0 Å². The van der Waals surface area contributed by atoms with Crippen LogP contribution in [0, 0.1) is 0 Å². The second-order valence-electron chi connectivity index (χ2n) is 5.33. The Hall–Kier alpha value is -1.89. The van der Waals surface area contributed by atoms with Crippen LogP contribution in [0.2, 0.25) is 0 Å². The van der Waals surface area contributed by atoms with Crippen molar-refractivity contribution in [2.75, 3.05) is 31.1 Å². The highest BCUT2D eigenvalue weighted by atomic mass is 16.5. The highest BCUT2D eigenvalue weighted by Gasteiger charge is 2.11. The maximum Gasteiger partial charge on any atom is 0.293 e. The van der Waals surface area contributed by atoms with Gasteiger partial charge in [0.25, 0.3) is 12.0 Å². The number of piperazine rings is 1. The number of aromatic nitrogens is 2. The van der Waals surface area contributed by atoms with Crippen LogP contribution < -0.4 is 15.8 Å². The first-order valence-electron chi connectivity index (χ1n) is 6.54. The molecule has 0 unspecified atom stereocenters. The number of nitrogens with one attached hydrogen (secondary N) is 2. The molecule has 1 aliphatic heterocycles. The zero-order chi connectivity index (χ0) is 15.0. The Kier molecular flexibility index (Phi) is 6.17. The van der Waals surface area contributed by atoms with E-state index in [9.17, 15) is 9.59 Å². The Morgan fingerprint density at radius 2 is 2.00 bits per heavy atom. The number of hydrogen-bond acceptors (Lipinski definition) is 6. The molecule has 0 bridgehead atoms. The molecule has 0 saturated carbocycles. The molecule has 112 valence electrons. The fourth-order valence-corrected chi connectivity index (χ4v) is 1.57. The summed E-state index contributed by atoms with van der Waals surface area (Å²) < 4.78 is 4.55. The molecule has 1 aromatic rings. The first-order chi connectivity index (χ1) is 9.42. The standard InChI is InChI=1S/C8H12N4O.C5H10O2/c13-8-5-7(10-6-11-8)12-3-1-9-2-4-12;1-5(2,3)7-4-6/h5-6,9H,1-4H2,(H,10,11,13);4H,1-3H3. The highest BCUT2D eigenvalue weighted by molar-refractivity contribution is 5.38. The van der Waals surface area contributed by atoms with Crippen LogP contribution in [0.3, 0.4) is 0 Å². The summed E-state index contributed by atoms with van der Waals surface area (Å²) in [4.78, 5) is 29.3. The Morgan fingerprint density at radius 3 is 2.45 bits per heavy atom. The lowest BCUT2D eigenvalue weighted by atomic mass is 10.2. The van der Waals surface area contributed by atoms with Gasteiger partial charge in [0.15, 0.2) is 0 Å². The van der Waals surface area contributed by atoms with Gasteiger partial charge in [-0.3, -0.25) is 9.59 Å². The summed E-state index contributed by atoms with van der Waals surface area (Å²) in [7, 11) is 0. The summed E-state index contributed by atoms with van der Waals surface area (Å²) >= 11 is 0. The van der Waals surface area contributed by atoms with Crippen molar-refractivity contribution in [1.82, 2.24) is 15.3 Å². The van der Waals surface area contributed by atoms with Crippen LogP contribution >= 0.6 is 0 Å². The van der Waals surface area contributed by atoms with Gasteiger partial charge in [-0.15, -0.1) is 0 Å². The van der Waals surface area contributed by atoms with E-state index in [4.69, 9.17) is 0 Å². The molecule has 1 fully saturated rings. The lowest BCUT2D eigenvalue weighted by Crippen LogP contribution is -2.44. The third kappa shape index (κ3) is 6.33. The minimum atomic E-state index is -0.318. The van der Waals surface area contributed by atoms with Crippen molar-refractivity contribution >= 4 is 12.3 Å². The molecule has 2 rings (SSSR count). The summed E-state index contributed by atoms with van der Waals surface area (Å²) in [6, 6.07) is 1.53. The molecule has 0 aromatic carbocycles. The third-order valence-electron chi connectivity index (χ3n) is 2.51. The van der Waals surface area contributed by atoms with E-state index in [0.29, 0.717) is 6.47 Å². The van der Waals surface area contributed by atoms with Crippen molar-refractivity contribution in [2.24, 2.45) is 0 Å². The fourth-order valence-electron chi connectivity index (χ4n) is 1.57. The highest BCUT2D eigenvalue weighted by Crippen LogP contribution is 2.06. The Bertz CT molecular complexity index is 461. The lowest BCUT2D eigenvalue weighted by Gasteiger charge is -2.27. The molecule has 2 heterocycles. The van der Waals surface area contributed by atoms with Gasteiger partial charge < -0.3 is 19.9 Å². The van der Waals surface area contributed by atoms with Gasteiger partial charge in [0, 0.05) is 32.2 Å². The molecule has 0 aliphatic carbocycles. The molecule has 20 heavy (non-hydrogen) atoms. The molecule has 0 amide bonds. The molecule has 7 nitrogen and oxygen atoms in total. The van der Waals surface area contributed by atoms with Crippen molar-refractivity contribution in [3.05, 3.63) is 22.7 Å². The molecule has 7 heteroatoms. The van der Waals surface area contributed by atoms with Crippen molar-refractivity contribution in [3.8, 4) is 0 Å². The zero-order valence-electron chi connectivity index (χ0n) is 12.2. The van der Waals surface area contributed by atoms with Crippen LogP contribution in [0.5, 0.6) is 0 Å². The monoisotopic (exact) mass is 282 g/mol. The van der Waals surface area contributed by atoms with Gasteiger partial charge in [0.1, 0.15) is 11.4 Å². The Labute approximate surface area is 118 Å². The topological polar surface area (TPSA) is 87.3 Å². The van der Waals surface area contributed by atoms with Gasteiger partial charge in [0.2, 0.25) is 0 Å². The summed E-state index contributed by atoms with van der Waals surface area (Å²) in [5, 5.41) is 3.24. The number of anilines is 1. The predicted molar refractivity (Wildman–Crippen MR) is 76.8 cm³/mol.